The van der Waals surface area contributed by atoms with Crippen LogP contribution in [0.25, 0.3) is 0 Å². The van der Waals surface area contributed by atoms with Gasteiger partial charge in [0.15, 0.2) is 0 Å². The number of hydrogen-bond acceptors (Lipinski definition) is 2. The van der Waals surface area contributed by atoms with Crippen LogP contribution in [-0.4, -0.2) is 27.8 Å². The summed E-state index contributed by atoms with van der Waals surface area (Å²) in [7, 11) is 0. The summed E-state index contributed by atoms with van der Waals surface area (Å²) in [5.74, 6) is 2.42. The molecular weight excluding hydrogens is 609 g/mol. The van der Waals surface area contributed by atoms with Crippen molar-refractivity contribution in [3.8, 4) is 0 Å². The van der Waals surface area contributed by atoms with E-state index in [0.29, 0.717) is 42.1 Å². The highest BCUT2D eigenvalue weighted by atomic mass is 19.4. The van der Waals surface area contributed by atoms with Gasteiger partial charge < -0.3 is 10.2 Å². The van der Waals surface area contributed by atoms with E-state index in [9.17, 15) is 18.0 Å². The van der Waals surface area contributed by atoms with Crippen molar-refractivity contribution >= 4 is 11.8 Å². The van der Waals surface area contributed by atoms with Crippen LogP contribution in [0.4, 0.5) is 13.2 Å². The van der Waals surface area contributed by atoms with Crippen LogP contribution in [0.2, 0.25) is 0 Å². The summed E-state index contributed by atoms with van der Waals surface area (Å²) in [4.78, 5) is 31.7. The first-order valence-electron chi connectivity index (χ1n) is 18.0. The molecular formula is C41H45F3N2O2. The first kappa shape index (κ1) is 31.6. The fraction of sp³-hybridized carbons (Fsp3) is 0.512. The van der Waals surface area contributed by atoms with Crippen molar-refractivity contribution < 1.29 is 22.8 Å². The molecule has 4 nitrogen and oxygen atoms in total. The number of nitrogens with one attached hydrogen (secondary N) is 1. The van der Waals surface area contributed by atoms with E-state index in [1.165, 1.54) is 42.5 Å². The van der Waals surface area contributed by atoms with Crippen LogP contribution in [0.15, 0.2) is 78.9 Å². The molecule has 5 saturated carbocycles. The van der Waals surface area contributed by atoms with Gasteiger partial charge in [0.1, 0.15) is 5.54 Å². The molecule has 0 aliphatic heterocycles. The third-order valence-electron chi connectivity index (χ3n) is 12.8. The van der Waals surface area contributed by atoms with E-state index in [1.54, 1.807) is 4.90 Å². The smallest absolute Gasteiger partial charge is 0.349 e. The Morgan fingerprint density at radius 3 is 1.92 bits per heavy atom. The molecule has 3 atom stereocenters. The maximum absolute atomic E-state index is 15.2. The zero-order valence-corrected chi connectivity index (χ0v) is 27.5. The summed E-state index contributed by atoms with van der Waals surface area (Å²) in [6.07, 6.45) is 6.29. The molecule has 6 aliphatic carbocycles. The molecule has 1 N–H and O–H groups in total. The van der Waals surface area contributed by atoms with Gasteiger partial charge in [-0.3, -0.25) is 9.59 Å². The van der Waals surface area contributed by atoms with Crippen molar-refractivity contribution in [3.63, 3.8) is 0 Å². The highest BCUT2D eigenvalue weighted by molar-refractivity contribution is 5.93. The maximum Gasteiger partial charge on any atom is 0.416 e. The van der Waals surface area contributed by atoms with Crippen molar-refractivity contribution in [1.82, 2.24) is 10.2 Å². The number of benzene rings is 3. The minimum absolute atomic E-state index is 0.0462. The number of halogens is 3. The van der Waals surface area contributed by atoms with Crippen LogP contribution in [0.1, 0.15) is 85.6 Å². The lowest BCUT2D eigenvalue weighted by Gasteiger charge is -2.58. The fourth-order valence-corrected chi connectivity index (χ4v) is 10.9. The molecule has 4 bridgehead atoms. The third-order valence-corrected chi connectivity index (χ3v) is 12.8. The molecule has 0 spiro atoms. The number of nitrogens with zero attached hydrogens (tertiary/aromatic N) is 1. The van der Waals surface area contributed by atoms with Crippen LogP contribution >= 0.6 is 0 Å². The number of carbonyl (C=O) groups is 2. The molecule has 48 heavy (non-hydrogen) atoms. The minimum atomic E-state index is -4.45. The molecule has 3 aromatic rings. The van der Waals surface area contributed by atoms with E-state index in [2.05, 4.69) is 29.6 Å². The molecule has 7 heteroatoms. The summed E-state index contributed by atoms with van der Waals surface area (Å²) in [5, 5.41) is 3.68. The Morgan fingerprint density at radius 2 is 1.31 bits per heavy atom. The van der Waals surface area contributed by atoms with E-state index in [-0.39, 0.29) is 36.2 Å². The lowest BCUT2D eigenvalue weighted by Crippen LogP contribution is -2.69. The standard InChI is InChI=1S/C41H45F3N2O2/c42-41(43,44)36-12-10-28(11-13-36)26-46(37(47)19-27-6-2-1-3-7-27)40(15-14-34-20-32-8-4-5-9-33(32)21-35(34)25-40)38(48)45-39-22-29-16-30(23-39)18-31(17-29)24-39/h1-13,29-31,34-35H,14-26H2,(H,45,48)/t29?,30?,31?,34-,35+,39?,40+/m1/s1. The lowest BCUT2D eigenvalue weighted by molar-refractivity contribution is -0.157. The van der Waals surface area contributed by atoms with Gasteiger partial charge in [-0.15, -0.1) is 0 Å². The van der Waals surface area contributed by atoms with Crippen LogP contribution in [0.3, 0.4) is 0 Å². The molecule has 6 aliphatic rings. The van der Waals surface area contributed by atoms with Crippen molar-refractivity contribution in [3.05, 3.63) is 107 Å². The Hall–Kier alpha value is -3.61. The van der Waals surface area contributed by atoms with E-state index in [0.717, 1.165) is 56.2 Å². The van der Waals surface area contributed by atoms with Gasteiger partial charge in [-0.25, -0.2) is 0 Å². The SMILES string of the molecule is O=C(Cc1ccccc1)N(Cc1ccc(C(F)(F)F)cc1)[C@@]1(C(=O)NC23CC4CC(CC(C4)C2)C3)CC[C@@H]2Cc3ccccc3C[C@H]2C1. The topological polar surface area (TPSA) is 49.4 Å². The van der Waals surface area contributed by atoms with Gasteiger partial charge in [-0.2, -0.15) is 13.2 Å². The molecule has 0 unspecified atom stereocenters. The predicted molar refractivity (Wildman–Crippen MR) is 179 cm³/mol. The number of amides is 2. The Morgan fingerprint density at radius 1 is 0.729 bits per heavy atom. The zero-order chi connectivity index (χ0) is 33.1. The third kappa shape index (κ3) is 5.96. The second kappa shape index (κ2) is 12.1. The van der Waals surface area contributed by atoms with E-state index in [4.69, 9.17) is 0 Å². The van der Waals surface area contributed by atoms with Crippen LogP contribution < -0.4 is 5.32 Å². The molecule has 0 heterocycles. The monoisotopic (exact) mass is 654 g/mol. The summed E-state index contributed by atoms with van der Waals surface area (Å²) in [5.41, 5.74) is 2.12. The molecule has 9 rings (SSSR count). The summed E-state index contributed by atoms with van der Waals surface area (Å²) in [6, 6.07) is 23.3. The first-order chi connectivity index (χ1) is 23.1. The van der Waals surface area contributed by atoms with Crippen molar-refractivity contribution in [2.24, 2.45) is 29.6 Å². The van der Waals surface area contributed by atoms with Gasteiger partial charge in [0.05, 0.1) is 12.0 Å². The average Bonchev–Trinajstić information content (AvgIpc) is 3.05. The number of carbonyl (C=O) groups excluding carboxylic acids is 2. The lowest BCUT2D eigenvalue weighted by atomic mass is 9.52. The average molecular weight is 655 g/mol. The van der Waals surface area contributed by atoms with E-state index in [1.807, 2.05) is 30.3 Å². The van der Waals surface area contributed by atoms with Crippen molar-refractivity contribution in [2.75, 3.05) is 0 Å². The second-order valence-electron chi connectivity index (χ2n) is 16.0. The van der Waals surface area contributed by atoms with Gasteiger partial charge in [-0.1, -0.05) is 66.7 Å². The number of hydrogen-bond donors (Lipinski definition) is 1. The largest absolute Gasteiger partial charge is 0.416 e. The highest BCUT2D eigenvalue weighted by Gasteiger charge is 2.57. The second-order valence-corrected chi connectivity index (χ2v) is 16.0. The highest BCUT2D eigenvalue weighted by Crippen LogP contribution is 2.56. The van der Waals surface area contributed by atoms with Gasteiger partial charge in [0.2, 0.25) is 11.8 Å². The van der Waals surface area contributed by atoms with E-state index >= 15 is 4.79 Å². The summed E-state index contributed by atoms with van der Waals surface area (Å²) < 4.78 is 40.5. The number of rotatable bonds is 7. The number of fused-ring (bicyclic) bond motifs is 2. The summed E-state index contributed by atoms with van der Waals surface area (Å²) in [6.45, 7) is 0.0894. The van der Waals surface area contributed by atoms with E-state index < -0.39 is 17.3 Å². The quantitative estimate of drug-likeness (QED) is 0.279. The fourth-order valence-electron chi connectivity index (χ4n) is 10.9. The van der Waals surface area contributed by atoms with Crippen LogP contribution in [-0.2, 0) is 41.6 Å². The Kier molecular flexibility index (Phi) is 7.95. The van der Waals surface area contributed by atoms with Gasteiger partial charge in [0.25, 0.3) is 0 Å². The van der Waals surface area contributed by atoms with Crippen LogP contribution in [0.5, 0.6) is 0 Å². The Labute approximate surface area is 281 Å². The molecule has 0 radical (unpaired) electrons. The Bertz CT molecular complexity index is 1630. The molecule has 3 aromatic carbocycles. The first-order valence-corrected chi connectivity index (χ1v) is 18.0. The molecule has 252 valence electrons. The minimum Gasteiger partial charge on any atom is -0.349 e. The maximum atomic E-state index is 15.2. The van der Waals surface area contributed by atoms with Gasteiger partial charge >= 0.3 is 6.18 Å². The molecule has 5 fully saturated rings. The Balaban J connectivity index is 1.18. The zero-order valence-electron chi connectivity index (χ0n) is 27.5. The molecule has 2 amide bonds. The normalized spacial score (nSPS) is 31.9. The van der Waals surface area contributed by atoms with Gasteiger partial charge in [-0.05, 0) is 135 Å². The van der Waals surface area contributed by atoms with Crippen molar-refractivity contribution in [1.29, 1.82) is 0 Å². The molecule has 0 saturated heterocycles. The van der Waals surface area contributed by atoms with Gasteiger partial charge in [0, 0.05) is 12.1 Å². The van der Waals surface area contributed by atoms with Crippen LogP contribution in [0, 0.1) is 29.6 Å². The summed E-state index contributed by atoms with van der Waals surface area (Å²) >= 11 is 0. The number of alkyl halides is 3. The predicted octanol–water partition coefficient (Wildman–Crippen LogP) is 8.32. The molecule has 0 aromatic heterocycles. The van der Waals surface area contributed by atoms with Crippen molar-refractivity contribution in [2.45, 2.75) is 101 Å².